The molecular formula is C13H18O3. The molecule has 2 N–H and O–H groups in total. The van der Waals surface area contributed by atoms with Gasteiger partial charge in [0.1, 0.15) is 5.75 Å². The number of rotatable bonds is 5. The van der Waals surface area contributed by atoms with Crippen LogP contribution in [0.4, 0.5) is 0 Å². The number of carboxylic acids is 1. The minimum absolute atomic E-state index is 0.0433. The first kappa shape index (κ1) is 12.6. The van der Waals surface area contributed by atoms with Crippen molar-refractivity contribution in [2.45, 2.75) is 39.0 Å². The van der Waals surface area contributed by atoms with Crippen molar-refractivity contribution in [3.63, 3.8) is 0 Å². The number of carboxylic acid groups (broad SMARTS) is 1. The Labute approximate surface area is 95.7 Å². The van der Waals surface area contributed by atoms with Gasteiger partial charge in [0, 0.05) is 0 Å². The highest BCUT2D eigenvalue weighted by Crippen LogP contribution is 2.28. The van der Waals surface area contributed by atoms with E-state index in [1.54, 1.807) is 6.07 Å². The van der Waals surface area contributed by atoms with E-state index in [2.05, 4.69) is 0 Å². The summed E-state index contributed by atoms with van der Waals surface area (Å²) in [6.45, 7) is 3.87. The van der Waals surface area contributed by atoms with Crippen molar-refractivity contribution in [3.8, 4) is 5.75 Å². The summed E-state index contributed by atoms with van der Waals surface area (Å²) in [5.74, 6) is -0.472. The second-order valence-electron chi connectivity index (χ2n) is 4.13. The van der Waals surface area contributed by atoms with Crippen molar-refractivity contribution in [3.05, 3.63) is 29.3 Å². The third-order valence-electron chi connectivity index (χ3n) is 2.75. The molecule has 0 heterocycles. The van der Waals surface area contributed by atoms with Crippen LogP contribution in [0.25, 0.3) is 0 Å². The first-order valence-corrected chi connectivity index (χ1v) is 5.56. The third kappa shape index (κ3) is 3.26. The molecule has 16 heavy (non-hydrogen) atoms. The highest BCUT2D eigenvalue weighted by molar-refractivity contribution is 5.68. The molecule has 0 amide bonds. The van der Waals surface area contributed by atoms with Crippen LogP contribution in [0.1, 0.15) is 43.2 Å². The molecule has 0 fully saturated rings. The van der Waals surface area contributed by atoms with Gasteiger partial charge in [-0.1, -0.05) is 25.5 Å². The molecule has 1 aromatic carbocycles. The van der Waals surface area contributed by atoms with E-state index in [1.807, 2.05) is 26.0 Å². The van der Waals surface area contributed by atoms with Gasteiger partial charge in [-0.3, -0.25) is 4.79 Å². The van der Waals surface area contributed by atoms with E-state index in [-0.39, 0.29) is 18.1 Å². The highest BCUT2D eigenvalue weighted by atomic mass is 16.4. The van der Waals surface area contributed by atoms with E-state index in [0.29, 0.717) is 0 Å². The van der Waals surface area contributed by atoms with Gasteiger partial charge in [0.05, 0.1) is 6.42 Å². The van der Waals surface area contributed by atoms with Gasteiger partial charge in [-0.2, -0.15) is 0 Å². The highest BCUT2D eigenvalue weighted by Gasteiger charge is 2.15. The summed E-state index contributed by atoms with van der Waals surface area (Å²) in [7, 11) is 0. The standard InChI is InChI=1S/C13H18O3/c1-3-4-10(8-13(15)16)11-5-6-12(14)9(2)7-11/h5-7,10,14H,3-4,8H2,1-2H3,(H,15,16)/t10-/m1/s1. The van der Waals surface area contributed by atoms with E-state index in [9.17, 15) is 9.90 Å². The number of aromatic hydroxyl groups is 1. The van der Waals surface area contributed by atoms with E-state index < -0.39 is 5.97 Å². The SMILES string of the molecule is CCC[C@H](CC(=O)O)c1ccc(O)c(C)c1. The number of aliphatic carboxylic acids is 1. The Morgan fingerprint density at radius 1 is 1.44 bits per heavy atom. The summed E-state index contributed by atoms with van der Waals surface area (Å²) in [6, 6.07) is 5.32. The minimum atomic E-state index is -0.774. The predicted molar refractivity (Wildman–Crippen MR) is 62.7 cm³/mol. The molecule has 0 unspecified atom stereocenters. The maximum atomic E-state index is 10.8. The number of hydrogen-bond acceptors (Lipinski definition) is 2. The van der Waals surface area contributed by atoms with Crippen LogP contribution in [-0.4, -0.2) is 16.2 Å². The number of hydrogen-bond donors (Lipinski definition) is 2. The van der Waals surface area contributed by atoms with Crippen LogP contribution >= 0.6 is 0 Å². The Kier molecular flexibility index (Phi) is 4.35. The van der Waals surface area contributed by atoms with Gasteiger partial charge in [-0.15, -0.1) is 0 Å². The van der Waals surface area contributed by atoms with E-state index in [4.69, 9.17) is 5.11 Å². The third-order valence-corrected chi connectivity index (χ3v) is 2.75. The minimum Gasteiger partial charge on any atom is -0.508 e. The van der Waals surface area contributed by atoms with Crippen LogP contribution in [0.5, 0.6) is 5.75 Å². The summed E-state index contributed by atoms with van der Waals surface area (Å²) >= 11 is 0. The Morgan fingerprint density at radius 3 is 2.62 bits per heavy atom. The Hall–Kier alpha value is -1.51. The monoisotopic (exact) mass is 222 g/mol. The molecule has 0 aliphatic rings. The zero-order chi connectivity index (χ0) is 12.1. The first-order chi connectivity index (χ1) is 7.54. The number of phenolic OH excluding ortho intramolecular Hbond substituents is 1. The smallest absolute Gasteiger partial charge is 0.303 e. The fourth-order valence-electron chi connectivity index (χ4n) is 1.88. The quantitative estimate of drug-likeness (QED) is 0.805. The lowest BCUT2D eigenvalue weighted by Crippen LogP contribution is -2.06. The number of carbonyl (C=O) groups is 1. The van der Waals surface area contributed by atoms with E-state index >= 15 is 0 Å². The molecule has 0 aliphatic carbocycles. The maximum absolute atomic E-state index is 10.8. The number of aryl methyl sites for hydroxylation is 1. The lowest BCUT2D eigenvalue weighted by Gasteiger charge is -2.15. The van der Waals surface area contributed by atoms with Crippen molar-refractivity contribution < 1.29 is 15.0 Å². The zero-order valence-corrected chi connectivity index (χ0v) is 9.73. The van der Waals surface area contributed by atoms with Crippen molar-refractivity contribution in [2.75, 3.05) is 0 Å². The van der Waals surface area contributed by atoms with Crippen molar-refractivity contribution in [1.29, 1.82) is 0 Å². The Morgan fingerprint density at radius 2 is 2.12 bits per heavy atom. The molecule has 1 aromatic rings. The molecule has 0 aliphatic heterocycles. The van der Waals surface area contributed by atoms with Gasteiger partial charge in [0.25, 0.3) is 0 Å². The number of phenols is 1. The summed E-state index contributed by atoms with van der Waals surface area (Å²) < 4.78 is 0. The van der Waals surface area contributed by atoms with Gasteiger partial charge in [0.2, 0.25) is 0 Å². The molecule has 1 rings (SSSR count). The van der Waals surface area contributed by atoms with Gasteiger partial charge in [-0.05, 0) is 36.5 Å². The van der Waals surface area contributed by atoms with Crippen molar-refractivity contribution >= 4 is 5.97 Å². The molecule has 88 valence electrons. The zero-order valence-electron chi connectivity index (χ0n) is 9.73. The lowest BCUT2D eigenvalue weighted by atomic mass is 9.90. The van der Waals surface area contributed by atoms with Crippen LogP contribution in [-0.2, 0) is 4.79 Å². The Bertz CT molecular complexity index is 371. The molecule has 0 spiro atoms. The van der Waals surface area contributed by atoms with Crippen LogP contribution in [0.3, 0.4) is 0 Å². The average molecular weight is 222 g/mol. The van der Waals surface area contributed by atoms with Crippen LogP contribution in [0, 0.1) is 6.92 Å². The molecular weight excluding hydrogens is 204 g/mol. The van der Waals surface area contributed by atoms with Crippen molar-refractivity contribution in [2.24, 2.45) is 0 Å². The normalized spacial score (nSPS) is 12.4. The Balaban J connectivity index is 2.91. The summed E-state index contributed by atoms with van der Waals surface area (Å²) in [4.78, 5) is 10.8. The second-order valence-corrected chi connectivity index (χ2v) is 4.13. The average Bonchev–Trinajstić information content (AvgIpc) is 2.21. The molecule has 3 heteroatoms. The predicted octanol–water partition coefficient (Wildman–Crippen LogP) is 3.06. The van der Waals surface area contributed by atoms with Gasteiger partial charge < -0.3 is 10.2 Å². The fourth-order valence-corrected chi connectivity index (χ4v) is 1.88. The topological polar surface area (TPSA) is 57.5 Å². The van der Waals surface area contributed by atoms with Crippen molar-refractivity contribution in [1.82, 2.24) is 0 Å². The molecule has 1 atom stereocenters. The summed E-state index contributed by atoms with van der Waals surface area (Å²) in [5, 5.41) is 18.3. The molecule has 3 nitrogen and oxygen atoms in total. The largest absolute Gasteiger partial charge is 0.508 e. The van der Waals surface area contributed by atoms with Gasteiger partial charge in [-0.25, -0.2) is 0 Å². The van der Waals surface area contributed by atoms with Gasteiger partial charge >= 0.3 is 5.97 Å². The van der Waals surface area contributed by atoms with Crippen LogP contribution in [0.2, 0.25) is 0 Å². The number of benzene rings is 1. The van der Waals surface area contributed by atoms with E-state index in [0.717, 1.165) is 24.0 Å². The van der Waals surface area contributed by atoms with E-state index in [1.165, 1.54) is 0 Å². The van der Waals surface area contributed by atoms with Crippen LogP contribution < -0.4 is 0 Å². The first-order valence-electron chi connectivity index (χ1n) is 5.56. The molecule has 0 bridgehead atoms. The van der Waals surface area contributed by atoms with Gasteiger partial charge in [0.15, 0.2) is 0 Å². The molecule has 0 saturated heterocycles. The molecule has 0 aromatic heterocycles. The fraction of sp³-hybridized carbons (Fsp3) is 0.462. The second kappa shape index (κ2) is 5.54. The maximum Gasteiger partial charge on any atom is 0.303 e. The molecule has 0 saturated carbocycles. The summed E-state index contributed by atoms with van der Waals surface area (Å²) in [5.41, 5.74) is 1.79. The van der Waals surface area contributed by atoms with Crippen LogP contribution in [0.15, 0.2) is 18.2 Å². The molecule has 0 radical (unpaired) electrons. The summed E-state index contributed by atoms with van der Waals surface area (Å²) in [6.07, 6.45) is 1.96. The lowest BCUT2D eigenvalue weighted by molar-refractivity contribution is -0.137.